The minimum absolute atomic E-state index is 0.416. The molecule has 2 fully saturated rings. The normalized spacial score (nSPS) is 20.3. The van der Waals surface area contributed by atoms with Gasteiger partial charge in [0.25, 0.3) is 0 Å². The fourth-order valence-corrected chi connectivity index (χ4v) is 5.91. The van der Waals surface area contributed by atoms with Gasteiger partial charge in [0.05, 0.1) is 17.1 Å². The van der Waals surface area contributed by atoms with Gasteiger partial charge in [0.1, 0.15) is 5.82 Å². The molecule has 192 valence electrons. The quantitative estimate of drug-likeness (QED) is 0.320. The highest BCUT2D eigenvalue weighted by Gasteiger charge is 2.25. The molecule has 0 radical (unpaired) electrons. The Balaban J connectivity index is 0.000000726. The molecule has 1 N–H and O–H groups in total. The molecule has 4 nitrogen and oxygen atoms in total. The highest BCUT2D eigenvalue weighted by atomic mass is 15.2. The van der Waals surface area contributed by atoms with E-state index in [1.165, 1.54) is 59.7 Å². The number of imidazole rings is 1. The summed E-state index contributed by atoms with van der Waals surface area (Å²) >= 11 is 0. The molecule has 3 heterocycles. The van der Waals surface area contributed by atoms with E-state index >= 15 is 0 Å². The van der Waals surface area contributed by atoms with Crippen molar-refractivity contribution in [3.05, 3.63) is 66.0 Å². The Kier molecular flexibility index (Phi) is 8.81. The van der Waals surface area contributed by atoms with Gasteiger partial charge in [-0.2, -0.15) is 0 Å². The van der Waals surface area contributed by atoms with Crippen LogP contribution in [-0.4, -0.2) is 53.0 Å². The van der Waals surface area contributed by atoms with E-state index in [2.05, 4.69) is 83.5 Å². The molecule has 4 heteroatoms. The predicted octanol–water partition coefficient (Wildman–Crippen LogP) is 7.84. The maximum Gasteiger partial charge on any atom is 0.124 e. The summed E-state index contributed by atoms with van der Waals surface area (Å²) in [5, 5.41) is 2.74. The second-order valence-electron chi connectivity index (χ2n) is 9.79. The molecule has 2 saturated heterocycles. The van der Waals surface area contributed by atoms with E-state index in [9.17, 15) is 0 Å². The summed E-state index contributed by atoms with van der Waals surface area (Å²) in [6.45, 7) is 10.4. The number of H-pyrrole nitrogens is 1. The number of fused-ring (bicyclic) bond motifs is 2. The van der Waals surface area contributed by atoms with Gasteiger partial charge in [-0.1, -0.05) is 70.2 Å². The van der Waals surface area contributed by atoms with Crippen LogP contribution in [0.15, 0.2) is 54.6 Å². The van der Waals surface area contributed by atoms with E-state index in [-0.39, 0.29) is 0 Å². The van der Waals surface area contributed by atoms with Crippen molar-refractivity contribution in [3.63, 3.8) is 0 Å². The van der Waals surface area contributed by atoms with Crippen molar-refractivity contribution in [2.75, 3.05) is 27.2 Å². The van der Waals surface area contributed by atoms with Gasteiger partial charge in [-0.25, -0.2) is 4.98 Å². The zero-order valence-electron chi connectivity index (χ0n) is 23.1. The van der Waals surface area contributed by atoms with E-state index in [0.29, 0.717) is 12.1 Å². The van der Waals surface area contributed by atoms with Gasteiger partial charge in [-0.3, -0.25) is 4.90 Å². The Bertz CT molecular complexity index is 1270. The van der Waals surface area contributed by atoms with Gasteiger partial charge in [0.15, 0.2) is 0 Å². The van der Waals surface area contributed by atoms with Gasteiger partial charge in [-0.15, -0.1) is 0 Å². The third-order valence-electron chi connectivity index (χ3n) is 7.79. The standard InChI is InChI=1S/C28H32N4.2C2H6/c1-31-15-5-8-21(31)17-19-7-3-11-24-22(19)9-4-10-23(24)20-13-14-25-26(18-20)30-28(29-25)27-12-6-16-32(27)2;2*1-2/h3-4,7,9-11,13-14,18,21,27H,5-6,8,12,15-17H2,1-2H3,(H,29,30);2*1-2H3. The first kappa shape index (κ1) is 26.4. The summed E-state index contributed by atoms with van der Waals surface area (Å²) < 4.78 is 0. The van der Waals surface area contributed by atoms with Crippen molar-refractivity contribution >= 4 is 21.8 Å². The van der Waals surface area contributed by atoms with E-state index in [1.54, 1.807) is 0 Å². The maximum atomic E-state index is 4.92. The number of nitrogens with one attached hydrogen (secondary N) is 1. The summed E-state index contributed by atoms with van der Waals surface area (Å²) in [6, 6.07) is 21.4. The first-order valence-electron chi connectivity index (χ1n) is 14.1. The molecule has 2 unspecified atom stereocenters. The number of likely N-dealkylation sites (tertiary alicyclic amines) is 2. The van der Waals surface area contributed by atoms with Crippen molar-refractivity contribution in [2.24, 2.45) is 0 Å². The first-order chi connectivity index (χ1) is 17.7. The summed E-state index contributed by atoms with van der Waals surface area (Å²) in [6.07, 6.45) is 6.20. The van der Waals surface area contributed by atoms with E-state index < -0.39 is 0 Å². The summed E-state index contributed by atoms with van der Waals surface area (Å²) in [4.78, 5) is 13.5. The van der Waals surface area contributed by atoms with Gasteiger partial charge < -0.3 is 9.88 Å². The molecule has 0 spiro atoms. The number of hydrogen-bond donors (Lipinski definition) is 1. The van der Waals surface area contributed by atoms with Crippen molar-refractivity contribution in [1.29, 1.82) is 0 Å². The van der Waals surface area contributed by atoms with E-state index in [1.807, 2.05) is 27.7 Å². The number of nitrogens with zero attached hydrogens (tertiary/aromatic N) is 3. The Morgan fingerprint density at radius 3 is 2.28 bits per heavy atom. The predicted molar refractivity (Wildman–Crippen MR) is 156 cm³/mol. The van der Waals surface area contributed by atoms with Crippen LogP contribution in [0.1, 0.15) is 70.8 Å². The third-order valence-corrected chi connectivity index (χ3v) is 7.79. The van der Waals surface area contributed by atoms with Crippen LogP contribution in [0, 0.1) is 0 Å². The average molecular weight is 485 g/mol. The van der Waals surface area contributed by atoms with Gasteiger partial charge in [0.2, 0.25) is 0 Å². The molecule has 2 aliphatic heterocycles. The number of aromatic nitrogens is 2. The van der Waals surface area contributed by atoms with Gasteiger partial charge >= 0.3 is 0 Å². The van der Waals surface area contributed by atoms with Crippen LogP contribution in [-0.2, 0) is 6.42 Å². The van der Waals surface area contributed by atoms with Crippen LogP contribution in [0.4, 0.5) is 0 Å². The lowest BCUT2D eigenvalue weighted by Gasteiger charge is -2.20. The fourth-order valence-electron chi connectivity index (χ4n) is 5.91. The highest BCUT2D eigenvalue weighted by Crippen LogP contribution is 2.34. The summed E-state index contributed by atoms with van der Waals surface area (Å²) in [7, 11) is 4.47. The molecule has 0 aliphatic carbocycles. The minimum Gasteiger partial charge on any atom is -0.341 e. The Morgan fingerprint density at radius 2 is 1.56 bits per heavy atom. The number of aromatic amines is 1. The minimum atomic E-state index is 0.416. The molecule has 2 atom stereocenters. The summed E-state index contributed by atoms with van der Waals surface area (Å²) in [5.74, 6) is 1.11. The molecule has 2 aliphatic rings. The van der Waals surface area contributed by atoms with Crippen LogP contribution in [0.5, 0.6) is 0 Å². The Morgan fingerprint density at radius 1 is 0.833 bits per heavy atom. The average Bonchev–Trinajstić information content (AvgIpc) is 3.65. The van der Waals surface area contributed by atoms with Crippen LogP contribution < -0.4 is 0 Å². The first-order valence-corrected chi connectivity index (χ1v) is 14.1. The van der Waals surface area contributed by atoms with Crippen LogP contribution in [0.2, 0.25) is 0 Å². The fraction of sp³-hybridized carbons (Fsp3) is 0.469. The largest absolute Gasteiger partial charge is 0.341 e. The molecule has 6 rings (SSSR count). The van der Waals surface area contributed by atoms with Crippen molar-refractivity contribution in [2.45, 2.75) is 71.9 Å². The zero-order chi connectivity index (χ0) is 25.7. The lowest BCUT2D eigenvalue weighted by Crippen LogP contribution is -2.26. The lowest BCUT2D eigenvalue weighted by molar-refractivity contribution is 0.307. The van der Waals surface area contributed by atoms with Gasteiger partial charge in [0, 0.05) is 6.04 Å². The molecule has 0 bridgehead atoms. The number of hydrogen-bond acceptors (Lipinski definition) is 3. The molecule has 36 heavy (non-hydrogen) atoms. The van der Waals surface area contributed by atoms with Crippen molar-refractivity contribution < 1.29 is 0 Å². The van der Waals surface area contributed by atoms with Crippen LogP contribution >= 0.6 is 0 Å². The third kappa shape index (κ3) is 5.21. The Labute approximate surface area is 217 Å². The maximum absolute atomic E-state index is 4.92. The lowest BCUT2D eigenvalue weighted by atomic mass is 9.93. The molecule has 4 aromatic rings. The van der Waals surface area contributed by atoms with Crippen molar-refractivity contribution in [3.8, 4) is 11.1 Å². The molecule has 3 aromatic carbocycles. The molecule has 0 amide bonds. The SMILES string of the molecule is CC.CC.CN1CCCC1Cc1cccc2c(-c3ccc4nc(C5CCCN5C)[nH]c4c3)cccc12. The monoisotopic (exact) mass is 484 g/mol. The van der Waals surface area contributed by atoms with E-state index in [4.69, 9.17) is 4.98 Å². The number of likely N-dealkylation sites (N-methyl/N-ethyl adjacent to an activating group) is 1. The van der Waals surface area contributed by atoms with E-state index in [0.717, 1.165) is 29.8 Å². The molecule has 0 saturated carbocycles. The summed E-state index contributed by atoms with van der Waals surface area (Å²) in [5.41, 5.74) is 6.23. The number of benzene rings is 3. The molecule has 1 aromatic heterocycles. The Hall–Kier alpha value is -2.69. The molecular formula is C32H44N4. The topological polar surface area (TPSA) is 35.2 Å². The smallest absolute Gasteiger partial charge is 0.124 e. The van der Waals surface area contributed by atoms with Crippen LogP contribution in [0.3, 0.4) is 0 Å². The second-order valence-corrected chi connectivity index (χ2v) is 9.79. The zero-order valence-corrected chi connectivity index (χ0v) is 23.1. The highest BCUT2D eigenvalue weighted by molar-refractivity contribution is 5.99. The second kappa shape index (κ2) is 12.0. The molecular weight excluding hydrogens is 440 g/mol. The van der Waals surface area contributed by atoms with Crippen LogP contribution in [0.25, 0.3) is 32.9 Å². The van der Waals surface area contributed by atoms with Gasteiger partial charge in [-0.05, 0) is 98.9 Å². The van der Waals surface area contributed by atoms with Crippen molar-refractivity contribution in [1.82, 2.24) is 19.8 Å². The number of rotatable bonds is 4.